The smallest absolute Gasteiger partial charge is 0.0174 e. The lowest BCUT2D eigenvalue weighted by atomic mass is 9.89. The van der Waals surface area contributed by atoms with Gasteiger partial charge in [-0.25, -0.2) is 0 Å². The summed E-state index contributed by atoms with van der Waals surface area (Å²) in [5.74, 6) is 1.02. The van der Waals surface area contributed by atoms with E-state index in [9.17, 15) is 0 Å². The minimum Gasteiger partial charge on any atom is -0.0888 e. The Morgan fingerprint density at radius 2 is 1.85 bits per heavy atom. The van der Waals surface area contributed by atoms with Crippen LogP contribution in [0.1, 0.15) is 59.3 Å². The topological polar surface area (TPSA) is 0 Å². The maximum Gasteiger partial charge on any atom is 0.0174 e. The summed E-state index contributed by atoms with van der Waals surface area (Å²) in [6.45, 7) is 7.00. The zero-order chi connectivity index (χ0) is 9.90. The van der Waals surface area contributed by atoms with Crippen molar-refractivity contribution in [2.24, 2.45) is 11.3 Å². The van der Waals surface area contributed by atoms with E-state index in [1.807, 2.05) is 0 Å². The van der Waals surface area contributed by atoms with Crippen molar-refractivity contribution in [3.8, 4) is 0 Å². The number of unbranched alkanes of at least 4 members (excludes halogenated alkanes) is 1. The zero-order valence-electron chi connectivity index (χ0n) is 9.28. The van der Waals surface area contributed by atoms with Crippen LogP contribution < -0.4 is 0 Å². The lowest BCUT2D eigenvalue weighted by Crippen LogP contribution is -2.05. The predicted octanol–water partition coefficient (Wildman–Crippen LogP) is 4.77. The molecule has 1 aliphatic rings. The molecule has 0 heterocycles. The molecule has 0 radical (unpaired) electrons. The van der Waals surface area contributed by atoms with Crippen molar-refractivity contribution in [3.63, 3.8) is 0 Å². The van der Waals surface area contributed by atoms with Gasteiger partial charge in [-0.2, -0.15) is 0 Å². The van der Waals surface area contributed by atoms with Gasteiger partial charge in [0.25, 0.3) is 0 Å². The average Bonchev–Trinajstić information content (AvgIpc) is 2.77. The summed E-state index contributed by atoms with van der Waals surface area (Å²) in [6, 6.07) is 0. The monoisotopic (exact) mass is 246 g/mol. The summed E-state index contributed by atoms with van der Waals surface area (Å²) < 4.78 is 0. The van der Waals surface area contributed by atoms with E-state index in [-0.39, 0.29) is 0 Å². The van der Waals surface area contributed by atoms with E-state index in [4.69, 9.17) is 0 Å². The maximum atomic E-state index is 3.79. The third kappa shape index (κ3) is 5.72. The first-order valence-corrected chi connectivity index (χ1v) is 6.55. The SMILES string of the molecule is CC(C)(C)CCCCC(Br)C1CC1. The van der Waals surface area contributed by atoms with Crippen LogP contribution in [0.15, 0.2) is 0 Å². The minimum absolute atomic E-state index is 0.529. The number of hydrogen-bond donors (Lipinski definition) is 0. The highest BCUT2D eigenvalue weighted by atomic mass is 79.9. The van der Waals surface area contributed by atoms with Crippen molar-refractivity contribution in [2.45, 2.75) is 64.1 Å². The van der Waals surface area contributed by atoms with Crippen LogP contribution in [0.5, 0.6) is 0 Å². The second-order valence-corrected chi connectivity index (χ2v) is 6.84. The molecule has 0 aromatic heterocycles. The highest BCUT2D eigenvalue weighted by Gasteiger charge is 2.28. The highest BCUT2D eigenvalue weighted by Crippen LogP contribution is 2.39. The molecule has 1 fully saturated rings. The second-order valence-electron chi connectivity index (χ2n) is 5.66. The fraction of sp³-hybridized carbons (Fsp3) is 1.00. The van der Waals surface area contributed by atoms with Crippen molar-refractivity contribution in [2.75, 3.05) is 0 Å². The molecule has 1 aliphatic carbocycles. The van der Waals surface area contributed by atoms with E-state index >= 15 is 0 Å². The molecule has 0 nitrogen and oxygen atoms in total. The molecule has 0 N–H and O–H groups in total. The van der Waals surface area contributed by atoms with Gasteiger partial charge in [-0.3, -0.25) is 0 Å². The molecule has 0 aromatic rings. The fourth-order valence-electron chi connectivity index (χ4n) is 1.69. The standard InChI is InChI=1S/C12H23Br/c1-12(2,3)9-5-4-6-11(13)10-7-8-10/h10-11H,4-9H2,1-3H3. The van der Waals surface area contributed by atoms with Gasteiger partial charge in [0.15, 0.2) is 0 Å². The third-order valence-corrected chi connectivity index (χ3v) is 4.00. The summed E-state index contributed by atoms with van der Waals surface area (Å²) in [6.07, 6.45) is 8.50. The summed E-state index contributed by atoms with van der Waals surface area (Å²) in [7, 11) is 0. The van der Waals surface area contributed by atoms with E-state index in [0.717, 1.165) is 10.7 Å². The van der Waals surface area contributed by atoms with Crippen LogP contribution >= 0.6 is 15.9 Å². The Bertz CT molecular complexity index is 142. The molecule has 0 spiro atoms. The number of rotatable bonds is 5. The molecule has 0 saturated heterocycles. The Balaban J connectivity index is 1.94. The molecule has 0 aromatic carbocycles. The van der Waals surface area contributed by atoms with E-state index < -0.39 is 0 Å². The van der Waals surface area contributed by atoms with Crippen LogP contribution in [-0.4, -0.2) is 4.83 Å². The van der Waals surface area contributed by atoms with Gasteiger partial charge >= 0.3 is 0 Å². The Morgan fingerprint density at radius 3 is 2.31 bits per heavy atom. The molecular weight excluding hydrogens is 224 g/mol. The number of hydrogen-bond acceptors (Lipinski definition) is 0. The molecule has 0 bridgehead atoms. The molecular formula is C12H23Br. The molecule has 1 rings (SSSR count). The first-order valence-electron chi connectivity index (χ1n) is 5.63. The van der Waals surface area contributed by atoms with Crippen LogP contribution in [0.3, 0.4) is 0 Å². The van der Waals surface area contributed by atoms with E-state index in [1.165, 1.54) is 38.5 Å². The van der Waals surface area contributed by atoms with Gasteiger partial charge in [-0.15, -0.1) is 0 Å². The normalized spacial score (nSPS) is 20.3. The van der Waals surface area contributed by atoms with Gasteiger partial charge in [-0.05, 0) is 37.0 Å². The third-order valence-electron chi connectivity index (χ3n) is 2.79. The van der Waals surface area contributed by atoms with Crippen molar-refractivity contribution < 1.29 is 0 Å². The summed E-state index contributed by atoms with van der Waals surface area (Å²) in [4.78, 5) is 0.826. The molecule has 0 amide bonds. The average molecular weight is 247 g/mol. The van der Waals surface area contributed by atoms with Crippen molar-refractivity contribution in [1.82, 2.24) is 0 Å². The summed E-state index contributed by atoms with van der Waals surface area (Å²) in [5, 5.41) is 0. The largest absolute Gasteiger partial charge is 0.0888 e. The minimum atomic E-state index is 0.529. The maximum absolute atomic E-state index is 3.79. The lowest BCUT2D eigenvalue weighted by molar-refractivity contribution is 0.357. The molecule has 1 saturated carbocycles. The quantitative estimate of drug-likeness (QED) is 0.485. The van der Waals surface area contributed by atoms with E-state index in [1.54, 1.807) is 0 Å². The lowest BCUT2D eigenvalue weighted by Gasteiger charge is -2.18. The molecule has 1 atom stereocenters. The Hall–Kier alpha value is 0.480. The van der Waals surface area contributed by atoms with Crippen LogP contribution in [0.2, 0.25) is 0 Å². The Labute approximate surface area is 91.6 Å². The zero-order valence-corrected chi connectivity index (χ0v) is 10.9. The van der Waals surface area contributed by atoms with Gasteiger partial charge in [0.05, 0.1) is 0 Å². The number of alkyl halides is 1. The van der Waals surface area contributed by atoms with Gasteiger partial charge < -0.3 is 0 Å². The second kappa shape index (κ2) is 4.82. The van der Waals surface area contributed by atoms with E-state index in [0.29, 0.717) is 5.41 Å². The van der Waals surface area contributed by atoms with E-state index in [2.05, 4.69) is 36.7 Å². The van der Waals surface area contributed by atoms with Gasteiger partial charge in [0.2, 0.25) is 0 Å². The molecule has 1 unspecified atom stereocenters. The van der Waals surface area contributed by atoms with Crippen LogP contribution in [0.4, 0.5) is 0 Å². The van der Waals surface area contributed by atoms with Crippen molar-refractivity contribution in [3.05, 3.63) is 0 Å². The Kier molecular flexibility index (Phi) is 4.28. The molecule has 0 aliphatic heterocycles. The molecule has 13 heavy (non-hydrogen) atoms. The first-order chi connectivity index (χ1) is 5.99. The number of halogens is 1. The van der Waals surface area contributed by atoms with Crippen LogP contribution in [0.25, 0.3) is 0 Å². The Morgan fingerprint density at radius 1 is 1.23 bits per heavy atom. The van der Waals surface area contributed by atoms with Gasteiger partial charge in [0, 0.05) is 4.83 Å². The highest BCUT2D eigenvalue weighted by molar-refractivity contribution is 9.09. The van der Waals surface area contributed by atoms with Crippen LogP contribution in [-0.2, 0) is 0 Å². The van der Waals surface area contributed by atoms with Crippen molar-refractivity contribution >= 4 is 15.9 Å². The summed E-state index contributed by atoms with van der Waals surface area (Å²) >= 11 is 3.79. The summed E-state index contributed by atoms with van der Waals surface area (Å²) in [5.41, 5.74) is 0.529. The van der Waals surface area contributed by atoms with Gasteiger partial charge in [-0.1, -0.05) is 49.5 Å². The molecule has 1 heteroatoms. The fourth-order valence-corrected chi connectivity index (χ4v) is 2.54. The first kappa shape index (κ1) is 11.6. The van der Waals surface area contributed by atoms with Crippen LogP contribution in [0, 0.1) is 11.3 Å². The predicted molar refractivity (Wildman–Crippen MR) is 63.4 cm³/mol. The van der Waals surface area contributed by atoms with Crippen molar-refractivity contribution in [1.29, 1.82) is 0 Å². The van der Waals surface area contributed by atoms with Gasteiger partial charge in [0.1, 0.15) is 0 Å². The molecule has 78 valence electrons.